The molecule has 0 radical (unpaired) electrons. The minimum absolute atomic E-state index is 0.0970. The third-order valence-electron chi connectivity index (χ3n) is 2.15. The average Bonchev–Trinajstić information content (AvgIpc) is 2.42. The van der Waals surface area contributed by atoms with E-state index in [0.717, 1.165) is 17.8 Å². The first-order valence-electron chi connectivity index (χ1n) is 5.37. The molecule has 0 fully saturated rings. The van der Waals surface area contributed by atoms with Gasteiger partial charge in [0.05, 0.1) is 5.69 Å². The number of hydrogen-bond donors (Lipinski definition) is 1. The molecule has 0 spiro atoms. The molecule has 7 heteroatoms. The second-order valence-electron chi connectivity index (χ2n) is 4.49. The molecule has 1 aromatic heterocycles. The molecule has 1 rings (SSSR count). The number of nitrogens with one attached hydrogen (secondary N) is 1. The molecule has 1 N–H and O–H groups in total. The van der Waals surface area contributed by atoms with E-state index in [4.69, 9.17) is 11.6 Å². The van der Waals surface area contributed by atoms with Gasteiger partial charge in [0.2, 0.25) is 0 Å². The van der Waals surface area contributed by atoms with Gasteiger partial charge in [-0.3, -0.25) is 0 Å². The van der Waals surface area contributed by atoms with Gasteiger partial charge in [-0.15, -0.1) is 0 Å². The summed E-state index contributed by atoms with van der Waals surface area (Å²) >= 11 is 6.69. The van der Waals surface area contributed by atoms with E-state index in [1.165, 1.54) is 0 Å². The Morgan fingerprint density at radius 3 is 2.41 bits per heavy atom. The monoisotopic (exact) mass is 296 g/mol. The van der Waals surface area contributed by atoms with Gasteiger partial charge in [0.15, 0.2) is 8.68 Å². The highest BCUT2D eigenvalue weighted by molar-refractivity contribution is 7.91. The van der Waals surface area contributed by atoms with E-state index in [9.17, 15) is 8.42 Å². The highest BCUT2D eigenvalue weighted by atomic mass is 35.5. The van der Waals surface area contributed by atoms with Crippen molar-refractivity contribution in [3.05, 3.63) is 10.2 Å². The van der Waals surface area contributed by atoms with Crippen LogP contribution in [-0.2, 0) is 10.0 Å². The van der Waals surface area contributed by atoms with E-state index in [2.05, 4.69) is 23.6 Å². The van der Waals surface area contributed by atoms with Crippen LogP contribution in [0.2, 0.25) is 4.47 Å². The summed E-state index contributed by atoms with van der Waals surface area (Å²) in [4.78, 5) is 3.91. The molecule has 0 amide bonds. The molecule has 98 valence electrons. The standard InChI is InChI=1S/C10H17ClN2O2S2/c1-6(2)5-7(3)13-17(14,15)9-8(4)12-10(11)16-9/h6-7,13H,5H2,1-4H3. The summed E-state index contributed by atoms with van der Waals surface area (Å²) in [5, 5.41) is 0. The molecule has 1 unspecified atom stereocenters. The Hall–Kier alpha value is -0.170. The fourth-order valence-electron chi connectivity index (χ4n) is 1.67. The maximum absolute atomic E-state index is 12.1. The second kappa shape index (κ2) is 5.65. The Balaban J connectivity index is 2.86. The second-order valence-corrected chi connectivity index (χ2v) is 7.98. The van der Waals surface area contributed by atoms with E-state index in [1.54, 1.807) is 6.92 Å². The van der Waals surface area contributed by atoms with Crippen molar-refractivity contribution in [2.24, 2.45) is 5.92 Å². The maximum atomic E-state index is 12.1. The molecule has 17 heavy (non-hydrogen) atoms. The van der Waals surface area contributed by atoms with Gasteiger partial charge in [0.1, 0.15) is 0 Å². The van der Waals surface area contributed by atoms with Gasteiger partial charge >= 0.3 is 0 Å². The van der Waals surface area contributed by atoms with Crippen molar-refractivity contribution in [3.8, 4) is 0 Å². The molecule has 1 heterocycles. The lowest BCUT2D eigenvalue weighted by Gasteiger charge is -2.15. The number of aryl methyl sites for hydroxylation is 1. The fourth-order valence-corrected chi connectivity index (χ4v) is 4.69. The number of sulfonamides is 1. The lowest BCUT2D eigenvalue weighted by Crippen LogP contribution is -2.33. The maximum Gasteiger partial charge on any atom is 0.252 e. The van der Waals surface area contributed by atoms with Gasteiger partial charge in [-0.25, -0.2) is 18.1 Å². The van der Waals surface area contributed by atoms with Crippen LogP contribution in [-0.4, -0.2) is 19.4 Å². The van der Waals surface area contributed by atoms with Crippen molar-refractivity contribution in [2.75, 3.05) is 0 Å². The van der Waals surface area contributed by atoms with Crippen molar-refractivity contribution in [1.29, 1.82) is 0 Å². The molecule has 0 aliphatic heterocycles. The first-order valence-corrected chi connectivity index (χ1v) is 8.05. The third kappa shape index (κ3) is 4.21. The van der Waals surface area contributed by atoms with Gasteiger partial charge in [-0.2, -0.15) is 0 Å². The first-order chi connectivity index (χ1) is 7.72. The van der Waals surface area contributed by atoms with E-state index in [1.807, 2.05) is 6.92 Å². The topological polar surface area (TPSA) is 59.1 Å². The number of halogens is 1. The molecule has 0 aliphatic rings. The zero-order valence-corrected chi connectivity index (χ0v) is 12.7. The largest absolute Gasteiger partial charge is 0.252 e. The summed E-state index contributed by atoms with van der Waals surface area (Å²) in [5.74, 6) is 0.443. The number of hydrogen-bond acceptors (Lipinski definition) is 4. The van der Waals surface area contributed by atoms with Gasteiger partial charge < -0.3 is 0 Å². The van der Waals surface area contributed by atoms with Crippen molar-refractivity contribution in [1.82, 2.24) is 9.71 Å². The molecule has 1 aromatic rings. The minimum Gasteiger partial charge on any atom is -0.229 e. The van der Waals surface area contributed by atoms with Crippen LogP contribution < -0.4 is 4.72 Å². The highest BCUT2D eigenvalue weighted by Gasteiger charge is 2.23. The Bertz CT molecular complexity index is 482. The van der Waals surface area contributed by atoms with Crippen LogP contribution in [0.25, 0.3) is 0 Å². The normalized spacial score (nSPS) is 14.2. The van der Waals surface area contributed by atoms with Gasteiger partial charge in [-0.05, 0) is 26.2 Å². The zero-order chi connectivity index (χ0) is 13.2. The summed E-state index contributed by atoms with van der Waals surface area (Å²) in [6.07, 6.45) is 0.796. The molecule has 0 saturated carbocycles. The van der Waals surface area contributed by atoms with Crippen LogP contribution in [0.1, 0.15) is 32.9 Å². The summed E-state index contributed by atoms with van der Waals surface area (Å²) in [5.41, 5.74) is 0.448. The van der Waals surface area contributed by atoms with Crippen LogP contribution in [0.5, 0.6) is 0 Å². The number of rotatable bonds is 5. The average molecular weight is 297 g/mol. The van der Waals surface area contributed by atoms with E-state index in [-0.39, 0.29) is 14.7 Å². The third-order valence-corrected chi connectivity index (χ3v) is 5.61. The highest BCUT2D eigenvalue weighted by Crippen LogP contribution is 2.26. The number of aromatic nitrogens is 1. The summed E-state index contributed by atoms with van der Waals surface area (Å²) in [6, 6.07) is -0.0970. The van der Waals surface area contributed by atoms with Crippen LogP contribution in [0.15, 0.2) is 4.21 Å². The van der Waals surface area contributed by atoms with Crippen LogP contribution in [0.4, 0.5) is 0 Å². The van der Waals surface area contributed by atoms with E-state index >= 15 is 0 Å². The van der Waals surface area contributed by atoms with Gasteiger partial charge in [0, 0.05) is 6.04 Å². The summed E-state index contributed by atoms with van der Waals surface area (Å²) in [7, 11) is -3.49. The first kappa shape index (κ1) is 14.9. The lowest BCUT2D eigenvalue weighted by molar-refractivity contribution is 0.483. The molecule has 0 saturated heterocycles. The Morgan fingerprint density at radius 2 is 2.00 bits per heavy atom. The zero-order valence-electron chi connectivity index (χ0n) is 10.3. The smallest absolute Gasteiger partial charge is 0.229 e. The lowest BCUT2D eigenvalue weighted by atomic mass is 10.1. The Kier molecular flexibility index (Phi) is 4.95. The summed E-state index contributed by atoms with van der Waals surface area (Å²) in [6.45, 7) is 7.61. The minimum atomic E-state index is -3.49. The van der Waals surface area contributed by atoms with Crippen molar-refractivity contribution < 1.29 is 8.42 Å². The predicted molar refractivity (Wildman–Crippen MR) is 71.1 cm³/mol. The summed E-state index contributed by atoms with van der Waals surface area (Å²) < 4.78 is 27.2. The van der Waals surface area contributed by atoms with Gasteiger partial charge in [-0.1, -0.05) is 36.8 Å². The number of thiazole rings is 1. The molecular formula is C10H17ClN2O2S2. The van der Waals surface area contributed by atoms with Crippen molar-refractivity contribution >= 4 is 33.0 Å². The fraction of sp³-hybridized carbons (Fsp3) is 0.700. The van der Waals surface area contributed by atoms with Crippen molar-refractivity contribution in [3.63, 3.8) is 0 Å². The van der Waals surface area contributed by atoms with Crippen LogP contribution in [0, 0.1) is 12.8 Å². The SMILES string of the molecule is Cc1nc(Cl)sc1S(=O)(=O)NC(C)CC(C)C. The molecule has 4 nitrogen and oxygen atoms in total. The molecule has 1 atom stereocenters. The number of nitrogens with zero attached hydrogens (tertiary/aromatic N) is 1. The van der Waals surface area contributed by atoms with Crippen molar-refractivity contribution in [2.45, 2.75) is 44.4 Å². The van der Waals surface area contributed by atoms with Crippen LogP contribution in [0.3, 0.4) is 0 Å². The molecule has 0 aromatic carbocycles. The van der Waals surface area contributed by atoms with Crippen LogP contribution >= 0.6 is 22.9 Å². The van der Waals surface area contributed by atoms with E-state index < -0.39 is 10.0 Å². The molecule has 0 bridgehead atoms. The molecular weight excluding hydrogens is 280 g/mol. The van der Waals surface area contributed by atoms with Gasteiger partial charge in [0.25, 0.3) is 10.0 Å². The predicted octanol–water partition coefficient (Wildman–Crippen LogP) is 2.82. The van der Waals surface area contributed by atoms with E-state index in [0.29, 0.717) is 11.6 Å². The Morgan fingerprint density at radius 1 is 1.41 bits per heavy atom. The quantitative estimate of drug-likeness (QED) is 0.909. The Labute approximate surface area is 111 Å². The molecule has 0 aliphatic carbocycles.